The van der Waals surface area contributed by atoms with Gasteiger partial charge in [-0.05, 0) is 56.0 Å². The van der Waals surface area contributed by atoms with E-state index in [1.54, 1.807) is 12.2 Å². The molecule has 160 valence electrons. The third kappa shape index (κ3) is 6.98. The predicted octanol–water partition coefficient (Wildman–Crippen LogP) is 3.51. The lowest BCUT2D eigenvalue weighted by Crippen LogP contribution is -2.48. The molecule has 1 aliphatic rings. The second kappa shape index (κ2) is 11.5. The van der Waals surface area contributed by atoms with Crippen LogP contribution in [0.5, 0.6) is 5.75 Å². The highest BCUT2D eigenvalue weighted by Gasteiger charge is 2.36. The molecule has 2 rings (SSSR count). The second-order valence-corrected chi connectivity index (χ2v) is 7.67. The van der Waals surface area contributed by atoms with Gasteiger partial charge in [0.2, 0.25) is 0 Å². The molecule has 1 aromatic rings. The Labute approximate surface area is 177 Å². The first-order valence-corrected chi connectivity index (χ1v) is 10.3. The normalized spacial score (nSPS) is 25.7. The van der Waals surface area contributed by atoms with Crippen LogP contribution in [0.25, 0.3) is 0 Å². The van der Waals surface area contributed by atoms with E-state index in [0.29, 0.717) is 23.6 Å². The number of ether oxygens (including phenoxy) is 2. The smallest absolute Gasteiger partial charge is 0.119 e. The van der Waals surface area contributed by atoms with Crippen molar-refractivity contribution in [1.29, 1.82) is 0 Å². The Kier molecular flexibility index (Phi) is 9.40. The molecule has 5 nitrogen and oxygen atoms in total. The van der Waals surface area contributed by atoms with Crippen molar-refractivity contribution in [1.82, 2.24) is 0 Å². The highest BCUT2D eigenvalue weighted by molar-refractivity contribution is 6.31. The molecular weight excluding hydrogens is 392 g/mol. The van der Waals surface area contributed by atoms with Crippen molar-refractivity contribution in [3.8, 4) is 5.75 Å². The summed E-state index contributed by atoms with van der Waals surface area (Å²) in [5, 5.41) is 29.8. The van der Waals surface area contributed by atoms with Gasteiger partial charge in [0.15, 0.2) is 0 Å². The highest BCUT2D eigenvalue weighted by atomic mass is 35.5. The van der Waals surface area contributed by atoms with Gasteiger partial charge in [-0.15, -0.1) is 0 Å². The van der Waals surface area contributed by atoms with Crippen molar-refractivity contribution in [2.45, 2.75) is 57.5 Å². The Morgan fingerprint density at radius 2 is 1.97 bits per heavy atom. The molecular formula is C23H31ClO5. The molecule has 1 aromatic carbocycles. The fraction of sp³-hybridized carbons (Fsp3) is 0.478. The van der Waals surface area contributed by atoms with Crippen LogP contribution in [0.3, 0.4) is 0 Å². The first kappa shape index (κ1) is 23.6. The molecule has 0 saturated carbocycles. The molecule has 0 aliphatic carbocycles. The summed E-state index contributed by atoms with van der Waals surface area (Å²) in [6, 6.07) is 7.93. The number of aliphatic hydroxyl groups excluding tert-OH is 3. The lowest BCUT2D eigenvalue weighted by molar-refractivity contribution is -0.161. The van der Waals surface area contributed by atoms with Crippen LogP contribution in [-0.2, 0) is 11.2 Å². The zero-order valence-corrected chi connectivity index (χ0v) is 17.8. The maximum absolute atomic E-state index is 10.1. The fourth-order valence-corrected chi connectivity index (χ4v) is 3.38. The molecule has 29 heavy (non-hydrogen) atoms. The summed E-state index contributed by atoms with van der Waals surface area (Å²) in [7, 11) is 0. The fourth-order valence-electron chi connectivity index (χ4n) is 3.25. The third-order valence-electron chi connectivity index (χ3n) is 4.95. The van der Waals surface area contributed by atoms with Gasteiger partial charge in [-0.3, -0.25) is 0 Å². The average Bonchev–Trinajstić information content (AvgIpc) is 2.70. The topological polar surface area (TPSA) is 79.2 Å². The standard InChI is InChI=1S/C23H31ClO5/c1-4-28-18-8-6-17(7-9-18)13-16(3)19(24)10-5-15(2)22-14-20(26)23(27)21(29-22)11-12-25/h5-10,20-23,25-27H,2,4,11-14H2,1,3H3/b10-5-,19-16-/t20-,21-,22-,23+/m1/s1. The van der Waals surface area contributed by atoms with Crippen molar-refractivity contribution >= 4 is 11.6 Å². The maximum atomic E-state index is 10.1. The second-order valence-electron chi connectivity index (χ2n) is 7.26. The van der Waals surface area contributed by atoms with Crippen LogP contribution >= 0.6 is 11.6 Å². The van der Waals surface area contributed by atoms with Crippen LogP contribution in [0.2, 0.25) is 0 Å². The summed E-state index contributed by atoms with van der Waals surface area (Å²) in [6.07, 6.45) is 1.80. The molecule has 0 amide bonds. The number of hydrogen-bond donors (Lipinski definition) is 3. The van der Waals surface area contributed by atoms with Crippen molar-refractivity contribution in [3.63, 3.8) is 0 Å². The summed E-state index contributed by atoms with van der Waals surface area (Å²) in [5.41, 5.74) is 2.81. The number of halogens is 1. The molecule has 1 aliphatic heterocycles. The van der Waals surface area contributed by atoms with E-state index < -0.39 is 24.4 Å². The molecule has 0 spiro atoms. The minimum Gasteiger partial charge on any atom is -0.494 e. The predicted molar refractivity (Wildman–Crippen MR) is 115 cm³/mol. The molecule has 3 N–H and O–H groups in total. The van der Waals surface area contributed by atoms with E-state index in [9.17, 15) is 10.2 Å². The van der Waals surface area contributed by atoms with E-state index in [1.807, 2.05) is 38.1 Å². The van der Waals surface area contributed by atoms with Gasteiger partial charge in [0.25, 0.3) is 0 Å². The molecule has 1 heterocycles. The maximum Gasteiger partial charge on any atom is 0.119 e. The van der Waals surface area contributed by atoms with Gasteiger partial charge >= 0.3 is 0 Å². The van der Waals surface area contributed by atoms with E-state index in [0.717, 1.165) is 16.9 Å². The Balaban J connectivity index is 1.98. The first-order valence-electron chi connectivity index (χ1n) is 9.92. The Bertz CT molecular complexity index is 725. The van der Waals surface area contributed by atoms with E-state index in [-0.39, 0.29) is 19.4 Å². The van der Waals surface area contributed by atoms with Crippen molar-refractivity contribution < 1.29 is 24.8 Å². The third-order valence-corrected chi connectivity index (χ3v) is 5.40. The zero-order chi connectivity index (χ0) is 21.4. The van der Waals surface area contributed by atoms with Gasteiger partial charge in [0.05, 0.1) is 24.9 Å². The van der Waals surface area contributed by atoms with Gasteiger partial charge in [0, 0.05) is 18.1 Å². The van der Waals surface area contributed by atoms with Gasteiger partial charge in [0.1, 0.15) is 11.9 Å². The first-order chi connectivity index (χ1) is 13.8. The highest BCUT2D eigenvalue weighted by Crippen LogP contribution is 2.27. The van der Waals surface area contributed by atoms with Crippen LogP contribution in [0.4, 0.5) is 0 Å². The summed E-state index contributed by atoms with van der Waals surface area (Å²) >= 11 is 6.44. The van der Waals surface area contributed by atoms with Crippen LogP contribution in [-0.4, -0.2) is 52.9 Å². The number of benzene rings is 1. The van der Waals surface area contributed by atoms with Gasteiger partial charge in [-0.2, -0.15) is 0 Å². The van der Waals surface area contributed by atoms with Crippen LogP contribution in [0.1, 0.15) is 32.3 Å². The van der Waals surface area contributed by atoms with E-state index in [4.69, 9.17) is 26.2 Å². The Morgan fingerprint density at radius 1 is 1.28 bits per heavy atom. The van der Waals surface area contributed by atoms with Crippen LogP contribution in [0.15, 0.2) is 59.2 Å². The number of hydrogen-bond acceptors (Lipinski definition) is 5. The number of allylic oxidation sites excluding steroid dienone is 3. The van der Waals surface area contributed by atoms with Gasteiger partial charge in [-0.1, -0.05) is 42.0 Å². The minimum atomic E-state index is -1.00. The average molecular weight is 423 g/mol. The summed E-state index contributed by atoms with van der Waals surface area (Å²) in [6.45, 7) is 8.46. The lowest BCUT2D eigenvalue weighted by atomic mass is 9.93. The number of rotatable bonds is 9. The quantitative estimate of drug-likeness (QED) is 0.531. The largest absolute Gasteiger partial charge is 0.494 e. The monoisotopic (exact) mass is 422 g/mol. The molecule has 1 fully saturated rings. The lowest BCUT2D eigenvalue weighted by Gasteiger charge is -2.37. The molecule has 4 atom stereocenters. The van der Waals surface area contributed by atoms with Gasteiger partial charge in [-0.25, -0.2) is 0 Å². The summed E-state index contributed by atoms with van der Waals surface area (Å²) in [4.78, 5) is 0. The summed E-state index contributed by atoms with van der Waals surface area (Å²) < 4.78 is 11.3. The molecule has 6 heteroatoms. The Hall–Kier alpha value is -1.63. The van der Waals surface area contributed by atoms with E-state index in [2.05, 4.69) is 6.58 Å². The SMILES string of the molecule is C=C(/C=C\C(Cl)=C(/C)Cc1ccc(OCC)cc1)[C@H]1C[C@@H](O)[C@H](O)[C@@H](CCO)O1. The molecule has 0 aromatic heterocycles. The Morgan fingerprint density at radius 3 is 2.59 bits per heavy atom. The van der Waals surface area contributed by atoms with Crippen molar-refractivity contribution in [2.75, 3.05) is 13.2 Å². The van der Waals surface area contributed by atoms with Gasteiger partial charge < -0.3 is 24.8 Å². The molecule has 0 unspecified atom stereocenters. The van der Waals surface area contributed by atoms with E-state index >= 15 is 0 Å². The molecule has 0 radical (unpaired) electrons. The van der Waals surface area contributed by atoms with E-state index in [1.165, 1.54) is 0 Å². The molecule has 0 bridgehead atoms. The van der Waals surface area contributed by atoms with Crippen LogP contribution in [0, 0.1) is 0 Å². The molecule has 1 saturated heterocycles. The summed E-state index contributed by atoms with van der Waals surface area (Å²) in [5.74, 6) is 0.847. The van der Waals surface area contributed by atoms with Crippen molar-refractivity contribution in [3.05, 3.63) is 64.7 Å². The van der Waals surface area contributed by atoms with Crippen LogP contribution < -0.4 is 4.74 Å². The minimum absolute atomic E-state index is 0.122. The number of aliphatic hydroxyl groups is 3. The zero-order valence-electron chi connectivity index (χ0n) is 17.1. The van der Waals surface area contributed by atoms with Crippen molar-refractivity contribution in [2.24, 2.45) is 0 Å².